The molecule has 0 aliphatic heterocycles. The standard InChI is InChI=1S/C8H12N2O4S/c1-13-7-4-3-6(5-8(7)14-2)15(11,12)10-9/h3-5,10H,9H2,1-2H3. The molecule has 0 amide bonds. The Labute approximate surface area is 88.0 Å². The molecule has 0 atom stereocenters. The van der Waals surface area contributed by atoms with Crippen molar-refractivity contribution >= 4 is 10.0 Å². The molecule has 0 fully saturated rings. The first-order valence-corrected chi connectivity index (χ1v) is 5.48. The third kappa shape index (κ3) is 2.38. The smallest absolute Gasteiger partial charge is 0.253 e. The van der Waals surface area contributed by atoms with Gasteiger partial charge in [-0.15, -0.1) is 0 Å². The van der Waals surface area contributed by atoms with E-state index in [1.165, 1.54) is 32.4 Å². The molecule has 6 nitrogen and oxygen atoms in total. The Morgan fingerprint density at radius 3 is 2.27 bits per heavy atom. The van der Waals surface area contributed by atoms with Crippen LogP contribution >= 0.6 is 0 Å². The highest BCUT2D eigenvalue weighted by atomic mass is 32.2. The number of sulfonamides is 1. The molecule has 0 aliphatic rings. The van der Waals surface area contributed by atoms with Gasteiger partial charge in [-0.2, -0.15) is 4.83 Å². The normalized spacial score (nSPS) is 11.1. The van der Waals surface area contributed by atoms with Gasteiger partial charge >= 0.3 is 0 Å². The Kier molecular flexibility index (Phi) is 3.51. The maximum Gasteiger partial charge on any atom is 0.253 e. The molecule has 1 aromatic carbocycles. The van der Waals surface area contributed by atoms with Gasteiger partial charge in [0, 0.05) is 6.07 Å². The molecule has 0 radical (unpaired) electrons. The van der Waals surface area contributed by atoms with E-state index >= 15 is 0 Å². The molecular weight excluding hydrogens is 220 g/mol. The zero-order valence-corrected chi connectivity index (χ0v) is 9.17. The first-order valence-electron chi connectivity index (χ1n) is 3.99. The molecule has 0 saturated carbocycles. The maximum atomic E-state index is 11.3. The van der Waals surface area contributed by atoms with Crippen LogP contribution in [0.1, 0.15) is 0 Å². The van der Waals surface area contributed by atoms with Crippen LogP contribution in [-0.4, -0.2) is 22.6 Å². The third-order valence-electron chi connectivity index (χ3n) is 1.82. The molecule has 0 aliphatic carbocycles. The SMILES string of the molecule is COc1ccc(S(=O)(=O)NN)cc1OC. The van der Waals surface area contributed by atoms with E-state index in [1.807, 2.05) is 0 Å². The lowest BCUT2D eigenvalue weighted by Crippen LogP contribution is -2.30. The van der Waals surface area contributed by atoms with Gasteiger partial charge in [0.25, 0.3) is 10.0 Å². The average Bonchev–Trinajstić information content (AvgIpc) is 2.28. The second kappa shape index (κ2) is 4.47. The van der Waals surface area contributed by atoms with E-state index in [0.29, 0.717) is 11.5 Å². The second-order valence-corrected chi connectivity index (χ2v) is 4.35. The van der Waals surface area contributed by atoms with Crippen molar-refractivity contribution in [2.45, 2.75) is 4.90 Å². The quantitative estimate of drug-likeness (QED) is 0.556. The van der Waals surface area contributed by atoms with Crippen LogP contribution in [-0.2, 0) is 10.0 Å². The average molecular weight is 232 g/mol. The minimum absolute atomic E-state index is 0.0163. The van der Waals surface area contributed by atoms with Crippen LogP contribution in [0.4, 0.5) is 0 Å². The zero-order chi connectivity index (χ0) is 11.5. The van der Waals surface area contributed by atoms with Crippen molar-refractivity contribution in [1.82, 2.24) is 4.83 Å². The Bertz CT molecular complexity index is 444. The number of benzene rings is 1. The van der Waals surface area contributed by atoms with Crippen LogP contribution in [0.15, 0.2) is 23.1 Å². The monoisotopic (exact) mass is 232 g/mol. The van der Waals surface area contributed by atoms with Crippen molar-refractivity contribution in [2.75, 3.05) is 14.2 Å². The Morgan fingerprint density at radius 2 is 1.80 bits per heavy atom. The predicted molar refractivity (Wildman–Crippen MR) is 54.1 cm³/mol. The van der Waals surface area contributed by atoms with Crippen molar-refractivity contribution in [1.29, 1.82) is 0 Å². The van der Waals surface area contributed by atoms with Crippen molar-refractivity contribution in [2.24, 2.45) is 5.84 Å². The van der Waals surface area contributed by atoms with Gasteiger partial charge in [-0.05, 0) is 12.1 Å². The van der Waals surface area contributed by atoms with Gasteiger partial charge < -0.3 is 9.47 Å². The van der Waals surface area contributed by atoms with Gasteiger partial charge in [0.15, 0.2) is 11.5 Å². The Balaban J connectivity index is 3.26. The number of nitrogens with one attached hydrogen (secondary N) is 1. The lowest BCUT2D eigenvalue weighted by atomic mass is 10.3. The summed E-state index contributed by atoms with van der Waals surface area (Å²) in [6.07, 6.45) is 0. The summed E-state index contributed by atoms with van der Waals surface area (Å²) in [7, 11) is -0.777. The fourth-order valence-electron chi connectivity index (χ4n) is 1.05. The van der Waals surface area contributed by atoms with Crippen molar-refractivity contribution in [3.8, 4) is 11.5 Å². The number of hydrogen-bond acceptors (Lipinski definition) is 5. The summed E-state index contributed by atoms with van der Waals surface area (Å²) in [5.41, 5.74) is 0. The summed E-state index contributed by atoms with van der Waals surface area (Å²) in [6, 6.07) is 4.19. The van der Waals surface area contributed by atoms with E-state index in [-0.39, 0.29) is 4.90 Å². The lowest BCUT2D eigenvalue weighted by molar-refractivity contribution is 0.354. The van der Waals surface area contributed by atoms with Crippen molar-refractivity contribution in [3.63, 3.8) is 0 Å². The van der Waals surface area contributed by atoms with Crippen LogP contribution in [0.3, 0.4) is 0 Å². The topological polar surface area (TPSA) is 90.7 Å². The van der Waals surface area contributed by atoms with E-state index in [4.69, 9.17) is 15.3 Å². The fraction of sp³-hybridized carbons (Fsp3) is 0.250. The van der Waals surface area contributed by atoms with E-state index in [2.05, 4.69) is 0 Å². The number of ether oxygens (including phenoxy) is 2. The van der Waals surface area contributed by atoms with E-state index in [0.717, 1.165) is 0 Å². The van der Waals surface area contributed by atoms with Gasteiger partial charge in [0.2, 0.25) is 0 Å². The molecule has 84 valence electrons. The summed E-state index contributed by atoms with van der Waals surface area (Å²) >= 11 is 0. The minimum Gasteiger partial charge on any atom is -0.493 e. The molecule has 15 heavy (non-hydrogen) atoms. The molecule has 3 N–H and O–H groups in total. The Morgan fingerprint density at radius 1 is 1.20 bits per heavy atom. The number of methoxy groups -OCH3 is 2. The van der Waals surface area contributed by atoms with E-state index < -0.39 is 10.0 Å². The Hall–Kier alpha value is -1.31. The molecule has 0 heterocycles. The maximum absolute atomic E-state index is 11.3. The highest BCUT2D eigenvalue weighted by Crippen LogP contribution is 2.28. The number of rotatable bonds is 4. The van der Waals surface area contributed by atoms with Gasteiger partial charge in [0.1, 0.15) is 0 Å². The number of nitrogens with two attached hydrogens (primary N) is 1. The van der Waals surface area contributed by atoms with E-state index in [9.17, 15) is 8.42 Å². The molecule has 1 rings (SSSR count). The summed E-state index contributed by atoms with van der Waals surface area (Å²) in [5, 5.41) is 0. The van der Waals surface area contributed by atoms with Crippen LogP contribution in [0.5, 0.6) is 11.5 Å². The fourth-order valence-corrected chi connectivity index (χ4v) is 1.70. The highest BCUT2D eigenvalue weighted by Gasteiger charge is 2.14. The summed E-state index contributed by atoms with van der Waals surface area (Å²) in [6.45, 7) is 0. The van der Waals surface area contributed by atoms with Crippen LogP contribution in [0.2, 0.25) is 0 Å². The predicted octanol–water partition coefficient (Wildman–Crippen LogP) is -0.144. The summed E-state index contributed by atoms with van der Waals surface area (Å²) < 4.78 is 32.6. The lowest BCUT2D eigenvalue weighted by Gasteiger charge is -2.09. The number of hydrazine groups is 1. The first kappa shape index (κ1) is 11.8. The number of hydrogen-bond donors (Lipinski definition) is 2. The van der Waals surface area contributed by atoms with Crippen LogP contribution < -0.4 is 20.1 Å². The first-order chi connectivity index (χ1) is 7.05. The van der Waals surface area contributed by atoms with Crippen LogP contribution in [0.25, 0.3) is 0 Å². The largest absolute Gasteiger partial charge is 0.493 e. The molecule has 0 saturated heterocycles. The van der Waals surface area contributed by atoms with Crippen molar-refractivity contribution in [3.05, 3.63) is 18.2 Å². The second-order valence-electron chi connectivity index (χ2n) is 2.64. The van der Waals surface area contributed by atoms with Gasteiger partial charge in [-0.25, -0.2) is 8.42 Å². The highest BCUT2D eigenvalue weighted by molar-refractivity contribution is 7.89. The summed E-state index contributed by atoms with van der Waals surface area (Å²) in [4.78, 5) is 1.74. The van der Waals surface area contributed by atoms with E-state index in [1.54, 1.807) is 4.83 Å². The molecule has 1 aromatic rings. The van der Waals surface area contributed by atoms with Gasteiger partial charge in [0.05, 0.1) is 19.1 Å². The molecular formula is C8H12N2O4S. The third-order valence-corrected chi connectivity index (χ3v) is 3.01. The zero-order valence-electron chi connectivity index (χ0n) is 8.35. The summed E-state index contributed by atoms with van der Waals surface area (Å²) in [5.74, 6) is 5.67. The minimum atomic E-state index is -3.66. The molecule has 0 aromatic heterocycles. The van der Waals surface area contributed by atoms with Crippen molar-refractivity contribution < 1.29 is 17.9 Å². The van der Waals surface area contributed by atoms with Gasteiger partial charge in [-0.1, -0.05) is 0 Å². The molecule has 7 heteroatoms. The van der Waals surface area contributed by atoms with Gasteiger partial charge in [-0.3, -0.25) is 5.84 Å². The van der Waals surface area contributed by atoms with Crippen LogP contribution in [0, 0.1) is 0 Å². The molecule has 0 bridgehead atoms. The molecule has 0 spiro atoms. The molecule has 0 unspecified atom stereocenters.